The summed E-state index contributed by atoms with van der Waals surface area (Å²) in [5, 5.41) is 0. The first-order valence-electron chi connectivity index (χ1n) is 9.86. The lowest BCUT2D eigenvalue weighted by atomic mass is 9.77. The summed E-state index contributed by atoms with van der Waals surface area (Å²) in [7, 11) is 3.34. The molecular weight excluding hydrogens is 360 g/mol. The van der Waals surface area contributed by atoms with Gasteiger partial charge in [0.25, 0.3) is 0 Å². The third kappa shape index (κ3) is 5.59. The predicted molar refractivity (Wildman–Crippen MR) is 118 cm³/mol. The zero-order valence-electron chi connectivity index (χ0n) is 17.2. The van der Waals surface area contributed by atoms with E-state index in [0.29, 0.717) is 12.8 Å². The molecule has 0 spiro atoms. The second-order valence-electron chi connectivity index (χ2n) is 7.58. The van der Waals surface area contributed by atoms with Gasteiger partial charge in [0.1, 0.15) is 11.5 Å². The van der Waals surface area contributed by atoms with Crippen molar-refractivity contribution in [1.29, 1.82) is 0 Å². The Morgan fingerprint density at radius 3 is 1.55 bits per heavy atom. The molecule has 4 N–H and O–H groups in total. The van der Waals surface area contributed by atoms with Crippen molar-refractivity contribution in [3.8, 4) is 11.5 Å². The van der Waals surface area contributed by atoms with Crippen LogP contribution in [0.2, 0.25) is 0 Å². The average molecular weight is 391 g/mol. The van der Waals surface area contributed by atoms with E-state index in [1.54, 1.807) is 14.2 Å². The number of hydrogen-bond acceptors (Lipinski definition) is 4. The maximum Gasteiger partial charge on any atom is 0.118 e. The minimum Gasteiger partial charge on any atom is -0.497 e. The van der Waals surface area contributed by atoms with Crippen molar-refractivity contribution < 1.29 is 9.47 Å². The molecule has 152 valence electrons. The van der Waals surface area contributed by atoms with Crippen molar-refractivity contribution >= 4 is 0 Å². The lowest BCUT2D eigenvalue weighted by Gasteiger charge is -2.36. The van der Waals surface area contributed by atoms with E-state index in [1.165, 1.54) is 5.56 Å². The summed E-state index contributed by atoms with van der Waals surface area (Å²) in [6.07, 6.45) is 2.08. The van der Waals surface area contributed by atoms with Crippen molar-refractivity contribution in [2.45, 2.75) is 30.8 Å². The highest BCUT2D eigenvalue weighted by Gasteiger charge is 2.33. The summed E-state index contributed by atoms with van der Waals surface area (Å²) < 4.78 is 10.6. The molecule has 0 fully saturated rings. The molecule has 0 aliphatic carbocycles. The normalized spacial score (nSPS) is 12.4. The molecule has 4 heteroatoms. The second-order valence-corrected chi connectivity index (χ2v) is 7.58. The minimum absolute atomic E-state index is 0.200. The van der Waals surface area contributed by atoms with E-state index in [9.17, 15) is 0 Å². The van der Waals surface area contributed by atoms with Crippen LogP contribution in [0.25, 0.3) is 0 Å². The van der Waals surface area contributed by atoms with Crippen LogP contribution in [-0.2, 0) is 19.3 Å². The van der Waals surface area contributed by atoms with E-state index in [4.69, 9.17) is 20.9 Å². The van der Waals surface area contributed by atoms with Gasteiger partial charge in [0.15, 0.2) is 0 Å². The average Bonchev–Trinajstić information content (AvgIpc) is 2.75. The molecule has 0 radical (unpaired) electrons. The smallest absolute Gasteiger partial charge is 0.118 e. The lowest BCUT2D eigenvalue weighted by molar-refractivity contribution is 0.334. The number of benzene rings is 3. The first-order valence-corrected chi connectivity index (χ1v) is 9.86. The van der Waals surface area contributed by atoms with Gasteiger partial charge in [-0.15, -0.1) is 0 Å². The highest BCUT2D eigenvalue weighted by molar-refractivity contribution is 5.32. The Labute approximate surface area is 173 Å². The van der Waals surface area contributed by atoms with E-state index < -0.39 is 5.54 Å². The van der Waals surface area contributed by atoms with Gasteiger partial charge >= 0.3 is 0 Å². The van der Waals surface area contributed by atoms with Crippen molar-refractivity contribution in [3.63, 3.8) is 0 Å². The van der Waals surface area contributed by atoms with Crippen LogP contribution in [0.4, 0.5) is 0 Å². The summed E-state index contributed by atoms with van der Waals surface area (Å²) in [6.45, 7) is 0. The van der Waals surface area contributed by atoms with Crippen LogP contribution in [0.1, 0.15) is 16.7 Å². The number of methoxy groups -OCH3 is 2. The quantitative estimate of drug-likeness (QED) is 0.584. The number of rotatable bonds is 9. The molecule has 3 rings (SSSR count). The monoisotopic (exact) mass is 390 g/mol. The van der Waals surface area contributed by atoms with Crippen LogP contribution in [-0.4, -0.2) is 25.8 Å². The fourth-order valence-electron chi connectivity index (χ4n) is 3.64. The molecule has 0 bridgehead atoms. The fourth-order valence-corrected chi connectivity index (χ4v) is 3.64. The fraction of sp³-hybridized carbons (Fsp3) is 0.280. The molecule has 29 heavy (non-hydrogen) atoms. The predicted octanol–water partition coefficient (Wildman–Crippen LogP) is 3.76. The summed E-state index contributed by atoms with van der Waals surface area (Å²) >= 11 is 0. The number of hydrogen-bond donors (Lipinski definition) is 2. The van der Waals surface area contributed by atoms with Gasteiger partial charge in [-0.05, 0) is 60.2 Å². The SMILES string of the molecule is COc1ccc(CC(N)(Cc2ccc(OC)cc2)C(N)Cc2ccccc2)cc1. The van der Waals surface area contributed by atoms with E-state index in [1.807, 2.05) is 42.5 Å². The van der Waals surface area contributed by atoms with Crippen LogP contribution in [0.5, 0.6) is 11.5 Å². The molecule has 4 nitrogen and oxygen atoms in total. The first kappa shape index (κ1) is 20.9. The molecule has 0 aliphatic heterocycles. The van der Waals surface area contributed by atoms with Gasteiger partial charge < -0.3 is 20.9 Å². The Bertz CT molecular complexity index is 827. The maximum absolute atomic E-state index is 7.01. The lowest BCUT2D eigenvalue weighted by Crippen LogP contribution is -2.59. The third-order valence-corrected chi connectivity index (χ3v) is 5.42. The Balaban J connectivity index is 1.85. The van der Waals surface area contributed by atoms with Crippen LogP contribution >= 0.6 is 0 Å². The van der Waals surface area contributed by atoms with Gasteiger partial charge in [-0.3, -0.25) is 0 Å². The van der Waals surface area contributed by atoms with Crippen LogP contribution in [0.3, 0.4) is 0 Å². The number of ether oxygens (including phenoxy) is 2. The van der Waals surface area contributed by atoms with Crippen molar-refractivity contribution in [2.75, 3.05) is 14.2 Å². The van der Waals surface area contributed by atoms with E-state index in [-0.39, 0.29) is 6.04 Å². The Kier molecular flexibility index (Phi) is 6.91. The molecule has 1 atom stereocenters. The third-order valence-electron chi connectivity index (χ3n) is 5.42. The molecule has 0 saturated heterocycles. The summed E-state index contributed by atoms with van der Waals surface area (Å²) in [5.74, 6) is 1.67. The van der Waals surface area contributed by atoms with Crippen LogP contribution in [0.15, 0.2) is 78.9 Å². The van der Waals surface area contributed by atoms with Gasteiger partial charge in [-0.1, -0.05) is 54.6 Å². The summed E-state index contributed by atoms with van der Waals surface area (Å²) in [5.41, 5.74) is 16.6. The molecule has 1 unspecified atom stereocenters. The Hall–Kier alpha value is -2.82. The Morgan fingerprint density at radius 2 is 1.14 bits per heavy atom. The largest absolute Gasteiger partial charge is 0.497 e. The van der Waals surface area contributed by atoms with Crippen LogP contribution in [0, 0.1) is 0 Å². The molecule has 0 amide bonds. The molecule has 0 saturated carbocycles. The summed E-state index contributed by atoms with van der Waals surface area (Å²) in [6, 6.07) is 26.2. The van der Waals surface area contributed by atoms with Gasteiger partial charge in [0.05, 0.1) is 14.2 Å². The van der Waals surface area contributed by atoms with Crippen LogP contribution < -0.4 is 20.9 Å². The Morgan fingerprint density at radius 1 is 0.690 bits per heavy atom. The molecular formula is C25H30N2O2. The molecule has 3 aromatic carbocycles. The van der Waals surface area contributed by atoms with E-state index in [2.05, 4.69) is 36.4 Å². The van der Waals surface area contributed by atoms with Crippen molar-refractivity contribution in [3.05, 3.63) is 95.6 Å². The zero-order chi connectivity index (χ0) is 20.7. The molecule has 3 aromatic rings. The van der Waals surface area contributed by atoms with Gasteiger partial charge in [-0.2, -0.15) is 0 Å². The maximum atomic E-state index is 7.01. The zero-order valence-corrected chi connectivity index (χ0v) is 17.2. The van der Waals surface area contributed by atoms with Gasteiger partial charge in [0.2, 0.25) is 0 Å². The van der Waals surface area contributed by atoms with Crippen molar-refractivity contribution in [2.24, 2.45) is 11.5 Å². The van der Waals surface area contributed by atoms with Crippen molar-refractivity contribution in [1.82, 2.24) is 0 Å². The molecule has 0 heterocycles. The van der Waals surface area contributed by atoms with E-state index >= 15 is 0 Å². The number of nitrogens with two attached hydrogens (primary N) is 2. The topological polar surface area (TPSA) is 70.5 Å². The molecule has 0 aromatic heterocycles. The standard InChI is InChI=1S/C25H30N2O2/c1-28-22-12-8-20(9-13-22)17-25(27,18-21-10-14-23(29-2)15-11-21)24(26)16-19-6-4-3-5-7-19/h3-15,24H,16-18,26-27H2,1-2H3. The van der Waals surface area contributed by atoms with Gasteiger partial charge in [0, 0.05) is 11.6 Å². The van der Waals surface area contributed by atoms with E-state index in [0.717, 1.165) is 29.0 Å². The highest BCUT2D eigenvalue weighted by atomic mass is 16.5. The highest BCUT2D eigenvalue weighted by Crippen LogP contribution is 2.24. The first-order chi connectivity index (χ1) is 14.0. The minimum atomic E-state index is -0.598. The second kappa shape index (κ2) is 9.59. The summed E-state index contributed by atoms with van der Waals surface area (Å²) in [4.78, 5) is 0. The molecule has 0 aliphatic rings. The van der Waals surface area contributed by atoms with Gasteiger partial charge in [-0.25, -0.2) is 0 Å².